The zero-order chi connectivity index (χ0) is 23.1. The monoisotopic (exact) mass is 528 g/mol. The Balaban J connectivity index is 0.000000516. The third-order valence-electron chi connectivity index (χ3n) is 3.37. The van der Waals surface area contributed by atoms with Gasteiger partial charge in [-0.1, -0.05) is 0 Å². The summed E-state index contributed by atoms with van der Waals surface area (Å²) in [7, 11) is -10.7. The van der Waals surface area contributed by atoms with Gasteiger partial charge in [-0.25, -0.2) is 0 Å². The van der Waals surface area contributed by atoms with E-state index >= 15 is 0 Å². The van der Waals surface area contributed by atoms with E-state index in [1.165, 1.54) is 20.2 Å². The second-order valence-electron chi connectivity index (χ2n) is 8.50. The van der Waals surface area contributed by atoms with Crippen molar-refractivity contribution in [3.63, 3.8) is 0 Å². The van der Waals surface area contributed by atoms with Gasteiger partial charge >= 0.3 is 176 Å². The van der Waals surface area contributed by atoms with E-state index in [-0.39, 0.29) is 10.8 Å². The number of halogens is 6. The molecule has 0 bridgehead atoms. The first-order valence-electron chi connectivity index (χ1n) is 8.32. The van der Waals surface area contributed by atoms with Crippen LogP contribution < -0.4 is 0 Å². The Morgan fingerprint density at radius 3 is 1.55 bits per heavy atom. The maximum absolute atomic E-state index is 11.1. The number of rotatable bonds is 2. The van der Waals surface area contributed by atoms with Crippen LogP contribution in [0.4, 0.5) is 25.2 Å². The fourth-order valence-corrected chi connectivity index (χ4v) is 5.38. The molecule has 0 saturated carbocycles. The van der Waals surface area contributed by atoms with Gasteiger partial charge in [0, 0.05) is 0 Å². The maximum atomic E-state index is 11.1. The van der Waals surface area contributed by atoms with E-state index in [0.717, 1.165) is 10.4 Å². The number of hydrogen-bond acceptors (Lipinski definition) is 2. The molecule has 0 fully saturated rings. The Kier molecular flexibility index (Phi) is 6.59. The van der Waals surface area contributed by atoms with Crippen molar-refractivity contribution in [2.45, 2.75) is 52.4 Å². The average Bonchev–Trinajstić information content (AvgIpc) is 2.91. The number of thiophene rings is 1. The fourth-order valence-electron chi connectivity index (χ4n) is 1.99. The van der Waals surface area contributed by atoms with E-state index in [9.17, 15) is 30.0 Å². The number of hydrogen-bond donors (Lipinski definition) is 1. The molecule has 0 aliphatic heterocycles. The summed E-state index contributed by atoms with van der Waals surface area (Å²) in [5, 5.41) is 9.13. The first-order valence-corrected chi connectivity index (χ1v) is 12.9. The minimum absolute atomic E-state index is 0.142. The van der Waals surface area contributed by atoms with E-state index < -0.39 is 13.8 Å². The van der Waals surface area contributed by atoms with Crippen molar-refractivity contribution in [3.8, 4) is 10.4 Å². The van der Waals surface area contributed by atoms with Gasteiger partial charge in [0.1, 0.15) is 0 Å². The van der Waals surface area contributed by atoms with E-state index in [1.54, 1.807) is 6.07 Å². The molecule has 166 valence electrons. The molecule has 0 radical (unpaired) electrons. The SMILES string of the molecule is CC(C)(C)c1cc(-c2ccc(C(=O)O)s2)cc(C(C)(C)C)[se+]1.F[P-](F)(F)(F)(F)F. The predicted molar refractivity (Wildman–Crippen MR) is 109 cm³/mol. The molecule has 2 aromatic rings. The molecule has 2 aromatic heterocycles. The second kappa shape index (κ2) is 7.33. The molecule has 1 N–H and O–H groups in total. The van der Waals surface area contributed by atoms with Gasteiger partial charge in [0.15, 0.2) is 0 Å². The molecule has 0 amide bonds. The van der Waals surface area contributed by atoms with Crippen LogP contribution in [0.3, 0.4) is 0 Å². The normalized spacial score (nSPS) is 15.0. The van der Waals surface area contributed by atoms with Crippen LogP contribution in [-0.2, 0) is 10.8 Å². The number of carbonyl (C=O) groups is 1. The summed E-state index contributed by atoms with van der Waals surface area (Å²) in [4.78, 5) is 12.6. The van der Waals surface area contributed by atoms with Gasteiger partial charge in [0.2, 0.25) is 0 Å². The molecule has 0 aromatic carbocycles. The molecular weight excluding hydrogens is 504 g/mol. The quantitative estimate of drug-likeness (QED) is 0.242. The first kappa shape index (κ1) is 26.1. The van der Waals surface area contributed by atoms with Gasteiger partial charge in [-0.2, -0.15) is 0 Å². The van der Waals surface area contributed by atoms with Crippen LogP contribution >= 0.6 is 19.1 Å². The van der Waals surface area contributed by atoms with Gasteiger partial charge in [-0.15, -0.1) is 0 Å². The van der Waals surface area contributed by atoms with Crippen molar-refractivity contribution in [1.82, 2.24) is 0 Å². The Morgan fingerprint density at radius 1 is 0.897 bits per heavy atom. The van der Waals surface area contributed by atoms with Crippen LogP contribution in [0.1, 0.15) is 60.1 Å². The third kappa shape index (κ3) is 10.6. The Bertz CT molecular complexity index is 866. The van der Waals surface area contributed by atoms with Crippen molar-refractivity contribution < 1.29 is 35.1 Å². The molecule has 0 atom stereocenters. The van der Waals surface area contributed by atoms with Crippen molar-refractivity contribution in [1.29, 1.82) is 0 Å². The van der Waals surface area contributed by atoms with Crippen LogP contribution in [0.25, 0.3) is 10.4 Å². The van der Waals surface area contributed by atoms with Crippen molar-refractivity contribution in [2.75, 3.05) is 0 Å². The molecule has 2 rings (SSSR count). The number of carboxylic acids is 1. The Labute approximate surface area is 175 Å². The average molecular weight is 527 g/mol. The van der Waals surface area contributed by atoms with E-state index in [0.29, 0.717) is 19.4 Å². The summed E-state index contributed by atoms with van der Waals surface area (Å²) < 4.78 is 62.1. The number of aromatic carboxylic acids is 1. The van der Waals surface area contributed by atoms with Crippen molar-refractivity contribution in [3.05, 3.63) is 38.0 Å². The van der Waals surface area contributed by atoms with Gasteiger partial charge in [0.25, 0.3) is 0 Å². The van der Waals surface area contributed by atoms with Crippen molar-refractivity contribution in [2.24, 2.45) is 0 Å². The molecule has 2 nitrogen and oxygen atoms in total. The van der Waals surface area contributed by atoms with Gasteiger partial charge in [-0.05, 0) is 0 Å². The Hall–Kier alpha value is -0.951. The van der Waals surface area contributed by atoms with Crippen LogP contribution in [0.15, 0.2) is 24.3 Å². The Morgan fingerprint density at radius 2 is 1.28 bits per heavy atom. The zero-order valence-corrected chi connectivity index (χ0v) is 20.1. The van der Waals surface area contributed by atoms with Gasteiger partial charge in [0.05, 0.1) is 0 Å². The molecule has 29 heavy (non-hydrogen) atoms. The van der Waals surface area contributed by atoms with Gasteiger partial charge < -0.3 is 0 Å². The second-order valence-corrected chi connectivity index (χ2v) is 13.8. The molecular formula is C18H23F6O2PSSe. The predicted octanol–water partition coefficient (Wildman–Crippen LogP) is 8.43. The minimum atomic E-state index is -10.7. The number of carboxylic acid groups (broad SMARTS) is 1. The van der Waals surface area contributed by atoms with E-state index in [1.807, 2.05) is 6.07 Å². The molecule has 0 saturated heterocycles. The summed E-state index contributed by atoms with van der Waals surface area (Å²) in [5.41, 5.74) is 1.44. The molecule has 0 unspecified atom stereocenters. The first-order chi connectivity index (χ1) is 12.4. The summed E-state index contributed by atoms with van der Waals surface area (Å²) in [6.45, 7) is 13.5. The summed E-state index contributed by atoms with van der Waals surface area (Å²) in [6.07, 6.45) is 0. The topological polar surface area (TPSA) is 37.3 Å². The van der Waals surface area contributed by atoms with Crippen LogP contribution in [0, 0.1) is 0 Å². The molecule has 11 heteroatoms. The van der Waals surface area contributed by atoms with E-state index in [4.69, 9.17) is 5.11 Å². The molecule has 0 aliphatic carbocycles. The van der Waals surface area contributed by atoms with Gasteiger partial charge in [-0.3, -0.25) is 0 Å². The molecule has 0 aliphatic rings. The molecule has 2 heterocycles. The van der Waals surface area contributed by atoms with Crippen LogP contribution in [-0.4, -0.2) is 25.6 Å². The molecule has 0 spiro atoms. The van der Waals surface area contributed by atoms with Crippen LogP contribution in [0.2, 0.25) is 0 Å². The zero-order valence-electron chi connectivity index (χ0n) is 16.7. The van der Waals surface area contributed by atoms with Crippen LogP contribution in [0.5, 0.6) is 0 Å². The summed E-state index contributed by atoms with van der Waals surface area (Å²) >= 11 is 1.71. The fraction of sp³-hybridized carbons (Fsp3) is 0.444. The van der Waals surface area contributed by atoms with Crippen molar-refractivity contribution >= 4 is 39.6 Å². The summed E-state index contributed by atoms with van der Waals surface area (Å²) in [5.74, 6) is -0.850. The summed E-state index contributed by atoms with van der Waals surface area (Å²) in [6, 6.07) is 8.17. The standard InChI is InChI=1S/C18H22O2SSe.F6P/c1-17(2,3)14-9-11(10-15(22-14)18(4,5)6)12-7-8-13(21-12)16(19)20;1-7(2,3,4,5)6/h7-10H,1-6H3;/q;-1/p+1. The van der Waals surface area contributed by atoms with E-state index in [2.05, 4.69) is 53.7 Å². The third-order valence-corrected chi connectivity index (χ3v) is 8.48.